The van der Waals surface area contributed by atoms with Gasteiger partial charge in [0.1, 0.15) is 35.3 Å². The van der Waals surface area contributed by atoms with Crippen LogP contribution >= 0.6 is 23.1 Å². The van der Waals surface area contributed by atoms with Crippen molar-refractivity contribution in [1.82, 2.24) is 23.7 Å². The highest BCUT2D eigenvalue weighted by Crippen LogP contribution is 2.42. The van der Waals surface area contributed by atoms with Gasteiger partial charge in [-0.1, -0.05) is 0 Å². The Kier molecular flexibility index (Phi) is 8.09. The predicted octanol–water partition coefficient (Wildman–Crippen LogP) is 7.26. The molecule has 9 heteroatoms. The quantitative estimate of drug-likeness (QED) is 0.202. The summed E-state index contributed by atoms with van der Waals surface area (Å²) in [5.74, 6) is 1.91. The average molecular weight is 552 g/mol. The molecule has 202 valence electrons. The van der Waals surface area contributed by atoms with Gasteiger partial charge in [-0.25, -0.2) is 0 Å². The summed E-state index contributed by atoms with van der Waals surface area (Å²) in [6.07, 6.45) is 0. The van der Waals surface area contributed by atoms with Crippen LogP contribution in [0.4, 0.5) is 0 Å². The first-order chi connectivity index (χ1) is 17.9. The van der Waals surface area contributed by atoms with E-state index in [1.807, 2.05) is 7.05 Å². The van der Waals surface area contributed by atoms with Gasteiger partial charge in [-0.15, -0.1) is 11.3 Å². The molecule has 1 aliphatic heterocycles. The maximum absolute atomic E-state index is 5.46. The minimum Gasteiger partial charge on any atom is -0.485 e. The lowest BCUT2D eigenvalue weighted by Gasteiger charge is -2.15. The summed E-state index contributed by atoms with van der Waals surface area (Å²) in [5.41, 5.74) is 14.6. The van der Waals surface area contributed by atoms with Gasteiger partial charge in [-0.05, 0) is 114 Å². The first-order valence-electron chi connectivity index (χ1n) is 12.8. The molecule has 0 atom stereocenters. The Morgan fingerprint density at radius 1 is 0.526 bits per heavy atom. The number of ether oxygens (including phenoxy) is 2. The number of hydrogen-bond acceptors (Lipinski definition) is 8. The lowest BCUT2D eigenvalue weighted by atomic mass is 9.98. The van der Waals surface area contributed by atoms with Gasteiger partial charge < -0.3 is 9.47 Å². The van der Waals surface area contributed by atoms with Gasteiger partial charge in [0.05, 0.1) is 11.7 Å². The van der Waals surface area contributed by atoms with Crippen molar-refractivity contribution in [3.8, 4) is 11.5 Å². The fourth-order valence-electron chi connectivity index (χ4n) is 4.69. The standard InChI is InChI=1S/C11H15N3.C10H12N2S.C8H10O2S/c1-6-7(2)9(4)11-10(8(6)3)12-14(5)13-11;1-5-6(2)8(4)10-9(7(5)3)11-13-12-10;1-5-7-8(6(2)11-5)10-4-3-9-7/h1-5H3;1-4H3;3-4H2,1-2H3. The van der Waals surface area contributed by atoms with Crippen LogP contribution in [0.3, 0.4) is 0 Å². The number of aromatic nitrogens is 5. The minimum absolute atomic E-state index is 0.685. The van der Waals surface area contributed by atoms with Crippen LogP contribution in [0.5, 0.6) is 11.5 Å². The van der Waals surface area contributed by atoms with Crippen LogP contribution in [0, 0.1) is 69.2 Å². The van der Waals surface area contributed by atoms with E-state index in [-0.39, 0.29) is 0 Å². The maximum atomic E-state index is 5.46. The summed E-state index contributed by atoms with van der Waals surface area (Å²) in [4.78, 5) is 4.08. The number of benzene rings is 2. The number of thiophene rings is 1. The zero-order valence-corrected chi connectivity index (χ0v) is 25.9. The van der Waals surface area contributed by atoms with Crippen LogP contribution in [0.15, 0.2) is 0 Å². The molecule has 0 N–H and O–H groups in total. The summed E-state index contributed by atoms with van der Waals surface area (Å²) in [5, 5.41) is 8.76. The third-order valence-corrected chi connectivity index (χ3v) is 9.24. The fraction of sp³-hybridized carbons (Fsp3) is 0.448. The Labute approximate surface area is 233 Å². The Morgan fingerprint density at radius 2 is 0.868 bits per heavy atom. The van der Waals surface area contributed by atoms with Crippen LogP contribution in [0.1, 0.15) is 54.3 Å². The summed E-state index contributed by atoms with van der Waals surface area (Å²) >= 11 is 3.03. The van der Waals surface area contributed by atoms with E-state index in [4.69, 9.17) is 9.47 Å². The highest BCUT2D eigenvalue weighted by atomic mass is 32.1. The van der Waals surface area contributed by atoms with Crippen LogP contribution < -0.4 is 9.47 Å². The van der Waals surface area contributed by atoms with Crippen molar-refractivity contribution in [3.63, 3.8) is 0 Å². The third-order valence-electron chi connectivity index (χ3n) is 7.73. The predicted molar refractivity (Wildman–Crippen MR) is 159 cm³/mol. The van der Waals surface area contributed by atoms with E-state index in [1.165, 1.54) is 66.0 Å². The zero-order valence-electron chi connectivity index (χ0n) is 24.3. The lowest BCUT2D eigenvalue weighted by Crippen LogP contribution is -2.14. The van der Waals surface area contributed by atoms with E-state index in [2.05, 4.69) is 88.2 Å². The van der Waals surface area contributed by atoms with E-state index < -0.39 is 0 Å². The molecule has 38 heavy (non-hydrogen) atoms. The van der Waals surface area contributed by atoms with Gasteiger partial charge in [0.2, 0.25) is 0 Å². The lowest BCUT2D eigenvalue weighted by molar-refractivity contribution is 0.171. The maximum Gasteiger partial charge on any atom is 0.175 e. The van der Waals surface area contributed by atoms with Crippen molar-refractivity contribution in [1.29, 1.82) is 0 Å². The van der Waals surface area contributed by atoms with Gasteiger partial charge in [0.25, 0.3) is 0 Å². The van der Waals surface area contributed by atoms with Crippen molar-refractivity contribution < 1.29 is 9.47 Å². The van der Waals surface area contributed by atoms with Crippen molar-refractivity contribution in [2.45, 2.75) is 69.2 Å². The monoisotopic (exact) mass is 551 g/mol. The first-order valence-corrected chi connectivity index (χ1v) is 14.3. The molecule has 0 unspecified atom stereocenters. The Hall–Kier alpha value is -3.04. The van der Waals surface area contributed by atoms with Crippen LogP contribution in [-0.4, -0.2) is 37.0 Å². The number of fused-ring (bicyclic) bond motifs is 3. The molecular formula is C29H37N5O2S2. The summed E-state index contributed by atoms with van der Waals surface area (Å²) in [6, 6.07) is 0. The van der Waals surface area contributed by atoms with E-state index in [9.17, 15) is 0 Å². The number of rotatable bonds is 0. The molecule has 7 nitrogen and oxygen atoms in total. The van der Waals surface area contributed by atoms with E-state index in [1.54, 1.807) is 16.1 Å². The Morgan fingerprint density at radius 3 is 1.24 bits per heavy atom. The number of aryl methyl sites for hydroxylation is 7. The average Bonchev–Trinajstić information content (AvgIpc) is 3.63. The van der Waals surface area contributed by atoms with Crippen molar-refractivity contribution in [2.75, 3.05) is 13.2 Å². The molecule has 0 radical (unpaired) electrons. The largest absolute Gasteiger partial charge is 0.485 e. The van der Waals surface area contributed by atoms with Gasteiger partial charge in [-0.2, -0.15) is 23.7 Å². The second-order valence-electron chi connectivity index (χ2n) is 9.92. The van der Waals surface area contributed by atoms with Crippen LogP contribution in [0.25, 0.3) is 22.1 Å². The van der Waals surface area contributed by atoms with Crippen LogP contribution in [-0.2, 0) is 7.05 Å². The van der Waals surface area contributed by atoms with Crippen molar-refractivity contribution in [3.05, 3.63) is 54.3 Å². The highest BCUT2D eigenvalue weighted by molar-refractivity contribution is 7.12. The van der Waals surface area contributed by atoms with Crippen molar-refractivity contribution in [2.24, 2.45) is 7.05 Å². The molecule has 1 aliphatic rings. The molecule has 4 heterocycles. The highest BCUT2D eigenvalue weighted by Gasteiger charge is 2.19. The topological polar surface area (TPSA) is 75.0 Å². The molecule has 0 fully saturated rings. The molecule has 6 rings (SSSR count). The number of hydrogen-bond donors (Lipinski definition) is 0. The molecular weight excluding hydrogens is 514 g/mol. The van der Waals surface area contributed by atoms with E-state index >= 15 is 0 Å². The Balaban J connectivity index is 0.000000134. The third kappa shape index (κ3) is 5.01. The van der Waals surface area contributed by atoms with Gasteiger partial charge >= 0.3 is 0 Å². The fourth-order valence-corrected chi connectivity index (χ4v) is 6.29. The van der Waals surface area contributed by atoms with E-state index in [0.717, 1.165) is 33.6 Å². The second kappa shape index (κ2) is 11.0. The summed E-state index contributed by atoms with van der Waals surface area (Å²) in [6.45, 7) is 22.5. The Bertz CT molecular complexity index is 1530. The second-order valence-corrected chi connectivity index (χ2v) is 11.9. The minimum atomic E-state index is 0.685. The summed E-state index contributed by atoms with van der Waals surface area (Å²) < 4.78 is 19.5. The normalized spacial score (nSPS) is 12.3. The first kappa shape index (κ1) is 28.0. The smallest absolute Gasteiger partial charge is 0.175 e. The molecule has 0 bridgehead atoms. The molecule has 0 saturated heterocycles. The van der Waals surface area contributed by atoms with Gasteiger partial charge in [-0.3, -0.25) is 0 Å². The molecule has 3 aromatic heterocycles. The molecule has 2 aromatic carbocycles. The van der Waals surface area contributed by atoms with Crippen LogP contribution in [0.2, 0.25) is 0 Å². The molecule has 0 aliphatic carbocycles. The molecule has 0 spiro atoms. The van der Waals surface area contributed by atoms with Gasteiger partial charge in [0.15, 0.2) is 11.5 Å². The summed E-state index contributed by atoms with van der Waals surface area (Å²) in [7, 11) is 1.86. The zero-order chi connectivity index (χ0) is 27.9. The SMILES string of the molecule is Cc1c(C)c(C)c2nn(C)nc2c1C.Cc1c(C)c(C)c2nsnc2c1C.Cc1sc(C)c2c1OCCO2. The van der Waals surface area contributed by atoms with Crippen molar-refractivity contribution >= 4 is 45.1 Å². The number of nitrogens with zero attached hydrogens (tertiary/aromatic N) is 5. The van der Waals surface area contributed by atoms with Gasteiger partial charge in [0, 0.05) is 16.8 Å². The van der Waals surface area contributed by atoms with E-state index in [0.29, 0.717) is 13.2 Å². The molecule has 0 saturated carbocycles. The molecule has 0 amide bonds. The molecule has 5 aromatic rings.